The molecule has 0 spiro atoms. The summed E-state index contributed by atoms with van der Waals surface area (Å²) >= 11 is 5.76. The smallest absolute Gasteiger partial charge is 0.321 e. The van der Waals surface area contributed by atoms with E-state index in [1.807, 2.05) is 0 Å². The molecule has 0 unspecified atom stereocenters. The first-order chi connectivity index (χ1) is 13.3. The summed E-state index contributed by atoms with van der Waals surface area (Å²) in [5.41, 5.74) is 0. The number of rotatable bonds is 8. The lowest BCUT2D eigenvalue weighted by molar-refractivity contribution is -0.148. The Balaban J connectivity index is 1.65. The Morgan fingerprint density at radius 3 is 2.57 bits per heavy atom. The number of nitrogens with one attached hydrogen (secondary N) is 3. The number of urea groups is 1. The molecule has 0 radical (unpaired) electrons. The fraction of sp³-hybridized carbons (Fsp3) is 0.471. The van der Waals surface area contributed by atoms with Gasteiger partial charge in [0.2, 0.25) is 10.0 Å². The fourth-order valence-corrected chi connectivity index (χ4v) is 4.01. The standard InChI is InChI=1S/C17H22ClN3O6S/c18-12-4-3-7-14(10-12)28(25,26)19-9-8-16(23)27-11-15(22)21-17(24)20-13-5-1-2-6-13/h3-4,7,10,13,19H,1-2,5-6,8-9,11H2,(H2,20,21,22,24). The first kappa shape index (κ1) is 22.1. The lowest BCUT2D eigenvalue weighted by atomic mass is 10.2. The molecule has 154 valence electrons. The van der Waals surface area contributed by atoms with Gasteiger partial charge < -0.3 is 10.1 Å². The SMILES string of the molecule is O=C(COC(=O)CCNS(=O)(=O)c1cccc(Cl)c1)NC(=O)NC1CCCC1. The molecular weight excluding hydrogens is 410 g/mol. The van der Waals surface area contributed by atoms with Gasteiger partial charge in [0.1, 0.15) is 0 Å². The maximum Gasteiger partial charge on any atom is 0.321 e. The van der Waals surface area contributed by atoms with Crippen LogP contribution in [0, 0.1) is 0 Å². The Morgan fingerprint density at radius 2 is 1.89 bits per heavy atom. The minimum atomic E-state index is -3.81. The van der Waals surface area contributed by atoms with Crippen LogP contribution in [0.5, 0.6) is 0 Å². The van der Waals surface area contributed by atoms with E-state index in [1.54, 1.807) is 0 Å². The number of imide groups is 1. The quantitative estimate of drug-likeness (QED) is 0.532. The van der Waals surface area contributed by atoms with Crippen molar-refractivity contribution >= 4 is 39.5 Å². The van der Waals surface area contributed by atoms with E-state index in [4.69, 9.17) is 16.3 Å². The van der Waals surface area contributed by atoms with Gasteiger partial charge in [-0.1, -0.05) is 30.5 Å². The number of hydrogen-bond donors (Lipinski definition) is 3. The fourth-order valence-electron chi connectivity index (χ4n) is 2.68. The van der Waals surface area contributed by atoms with Crippen LogP contribution < -0.4 is 15.4 Å². The summed E-state index contributed by atoms with van der Waals surface area (Å²) in [6.07, 6.45) is 3.56. The third-order valence-electron chi connectivity index (χ3n) is 4.04. The largest absolute Gasteiger partial charge is 0.456 e. The molecule has 1 aromatic carbocycles. The average molecular weight is 432 g/mol. The maximum absolute atomic E-state index is 12.1. The molecule has 0 saturated heterocycles. The number of esters is 1. The van der Waals surface area contributed by atoms with E-state index in [2.05, 4.69) is 15.4 Å². The highest BCUT2D eigenvalue weighted by Gasteiger charge is 2.19. The average Bonchev–Trinajstić information content (AvgIpc) is 3.12. The number of carbonyl (C=O) groups is 3. The Labute approximate surface area is 168 Å². The van der Waals surface area contributed by atoms with Crippen LogP contribution in [0.15, 0.2) is 29.2 Å². The van der Waals surface area contributed by atoms with Crippen LogP contribution in [0.3, 0.4) is 0 Å². The van der Waals surface area contributed by atoms with E-state index in [9.17, 15) is 22.8 Å². The number of carbonyl (C=O) groups excluding carboxylic acids is 3. The lowest BCUT2D eigenvalue weighted by Crippen LogP contribution is -2.45. The van der Waals surface area contributed by atoms with Gasteiger partial charge in [0.25, 0.3) is 5.91 Å². The second-order valence-electron chi connectivity index (χ2n) is 6.27. The Bertz CT molecular complexity index is 824. The van der Waals surface area contributed by atoms with Gasteiger partial charge >= 0.3 is 12.0 Å². The first-order valence-electron chi connectivity index (χ1n) is 8.77. The summed E-state index contributed by atoms with van der Waals surface area (Å²) in [4.78, 5) is 34.8. The molecule has 1 aromatic rings. The number of benzene rings is 1. The molecular formula is C17H22ClN3O6S. The van der Waals surface area contributed by atoms with Crippen LogP contribution in [0.2, 0.25) is 5.02 Å². The van der Waals surface area contributed by atoms with Gasteiger partial charge in [0.15, 0.2) is 6.61 Å². The van der Waals surface area contributed by atoms with Crippen molar-refractivity contribution in [2.75, 3.05) is 13.2 Å². The molecule has 28 heavy (non-hydrogen) atoms. The van der Waals surface area contributed by atoms with Crippen LogP contribution in [0.25, 0.3) is 0 Å². The third kappa shape index (κ3) is 7.45. The number of sulfonamides is 1. The minimum Gasteiger partial charge on any atom is -0.456 e. The topological polar surface area (TPSA) is 131 Å². The highest BCUT2D eigenvalue weighted by atomic mass is 35.5. The van der Waals surface area contributed by atoms with Gasteiger partial charge in [-0.15, -0.1) is 0 Å². The summed E-state index contributed by atoms with van der Waals surface area (Å²) < 4.78 is 31.1. The molecule has 3 N–H and O–H groups in total. The highest BCUT2D eigenvalue weighted by Crippen LogP contribution is 2.17. The summed E-state index contributed by atoms with van der Waals surface area (Å²) in [7, 11) is -3.81. The van der Waals surface area contributed by atoms with E-state index < -0.39 is 34.5 Å². The minimum absolute atomic E-state index is 0.0268. The molecule has 1 fully saturated rings. The second kappa shape index (κ2) is 10.4. The van der Waals surface area contributed by atoms with Crippen molar-refractivity contribution in [3.8, 4) is 0 Å². The van der Waals surface area contributed by atoms with E-state index >= 15 is 0 Å². The zero-order valence-electron chi connectivity index (χ0n) is 15.1. The Morgan fingerprint density at radius 1 is 1.18 bits per heavy atom. The summed E-state index contributed by atoms with van der Waals surface area (Å²) in [6, 6.07) is 5.12. The monoisotopic (exact) mass is 431 g/mol. The predicted molar refractivity (Wildman–Crippen MR) is 101 cm³/mol. The van der Waals surface area contributed by atoms with Crippen molar-refractivity contribution in [2.45, 2.75) is 43.0 Å². The zero-order chi connectivity index (χ0) is 20.6. The van der Waals surface area contributed by atoms with Gasteiger partial charge in [-0.25, -0.2) is 17.9 Å². The third-order valence-corrected chi connectivity index (χ3v) is 5.73. The molecule has 3 amide bonds. The Hall–Kier alpha value is -2.17. The molecule has 0 heterocycles. The molecule has 1 saturated carbocycles. The lowest BCUT2D eigenvalue weighted by Gasteiger charge is -2.12. The molecule has 1 aliphatic rings. The van der Waals surface area contributed by atoms with E-state index in [0.717, 1.165) is 25.7 Å². The van der Waals surface area contributed by atoms with Gasteiger partial charge in [0, 0.05) is 17.6 Å². The summed E-state index contributed by atoms with van der Waals surface area (Å²) in [6.45, 7) is -0.838. The zero-order valence-corrected chi connectivity index (χ0v) is 16.6. The van der Waals surface area contributed by atoms with Crippen LogP contribution in [0.4, 0.5) is 4.79 Å². The van der Waals surface area contributed by atoms with E-state index in [1.165, 1.54) is 24.3 Å². The molecule has 1 aliphatic carbocycles. The number of halogens is 1. The summed E-state index contributed by atoms with van der Waals surface area (Å²) in [5.74, 6) is -1.54. The highest BCUT2D eigenvalue weighted by molar-refractivity contribution is 7.89. The van der Waals surface area contributed by atoms with Crippen molar-refractivity contribution in [1.82, 2.24) is 15.4 Å². The van der Waals surface area contributed by atoms with Crippen LogP contribution >= 0.6 is 11.6 Å². The van der Waals surface area contributed by atoms with Gasteiger partial charge in [-0.2, -0.15) is 0 Å². The van der Waals surface area contributed by atoms with Crippen molar-refractivity contribution in [3.63, 3.8) is 0 Å². The molecule has 0 atom stereocenters. The first-order valence-corrected chi connectivity index (χ1v) is 10.6. The van der Waals surface area contributed by atoms with Crippen LogP contribution in [0.1, 0.15) is 32.1 Å². The van der Waals surface area contributed by atoms with Crippen molar-refractivity contribution < 1.29 is 27.5 Å². The maximum atomic E-state index is 12.1. The summed E-state index contributed by atoms with van der Waals surface area (Å²) in [5, 5.41) is 5.02. The number of amides is 3. The second-order valence-corrected chi connectivity index (χ2v) is 8.47. The van der Waals surface area contributed by atoms with E-state index in [0.29, 0.717) is 0 Å². The normalized spacial score (nSPS) is 14.5. The number of ether oxygens (including phenoxy) is 1. The Kier molecular flexibility index (Phi) is 8.21. The van der Waals surface area contributed by atoms with Gasteiger partial charge in [-0.3, -0.25) is 14.9 Å². The number of hydrogen-bond acceptors (Lipinski definition) is 6. The predicted octanol–water partition coefficient (Wildman–Crippen LogP) is 1.32. The molecule has 2 rings (SSSR count). The van der Waals surface area contributed by atoms with Crippen molar-refractivity contribution in [2.24, 2.45) is 0 Å². The molecule has 0 aromatic heterocycles. The van der Waals surface area contributed by atoms with E-state index in [-0.39, 0.29) is 28.9 Å². The molecule has 9 nitrogen and oxygen atoms in total. The molecule has 11 heteroatoms. The van der Waals surface area contributed by atoms with Gasteiger partial charge in [0.05, 0.1) is 11.3 Å². The van der Waals surface area contributed by atoms with Crippen LogP contribution in [-0.4, -0.2) is 45.5 Å². The van der Waals surface area contributed by atoms with Gasteiger partial charge in [-0.05, 0) is 31.0 Å². The van der Waals surface area contributed by atoms with Crippen LogP contribution in [-0.2, 0) is 24.3 Å². The van der Waals surface area contributed by atoms with Crippen molar-refractivity contribution in [3.05, 3.63) is 29.3 Å². The molecule has 0 aliphatic heterocycles. The molecule has 0 bridgehead atoms. The van der Waals surface area contributed by atoms with Crippen molar-refractivity contribution in [1.29, 1.82) is 0 Å².